The monoisotopic (exact) mass is 230 g/mol. The number of nitrogens with zero attached hydrogens (tertiary/aromatic N) is 3. The van der Waals surface area contributed by atoms with Crippen molar-refractivity contribution in [1.29, 1.82) is 0 Å². The standard InChI is InChI=1S/C13H18N4/c1-12(2,10-5-7-14-16-9-10)13(3,4)11-6-8-15-17-11/h5-9H,1-4H3,(H,15,17). The predicted octanol–water partition coefficient (Wildman–Crippen LogP) is 2.46. The van der Waals surface area contributed by atoms with E-state index in [1.165, 1.54) is 5.56 Å². The summed E-state index contributed by atoms with van der Waals surface area (Å²) in [7, 11) is 0. The molecule has 0 atom stereocenters. The van der Waals surface area contributed by atoms with Crippen LogP contribution in [0.2, 0.25) is 0 Å². The van der Waals surface area contributed by atoms with Crippen molar-refractivity contribution >= 4 is 0 Å². The highest BCUT2D eigenvalue weighted by Crippen LogP contribution is 2.42. The molecule has 2 rings (SSSR count). The first-order chi connectivity index (χ1) is 7.96. The molecule has 0 aliphatic heterocycles. The molecule has 4 nitrogen and oxygen atoms in total. The normalized spacial score (nSPS) is 12.7. The minimum Gasteiger partial charge on any atom is -0.282 e. The van der Waals surface area contributed by atoms with E-state index in [-0.39, 0.29) is 10.8 Å². The zero-order valence-electron chi connectivity index (χ0n) is 10.7. The predicted molar refractivity (Wildman–Crippen MR) is 66.7 cm³/mol. The Labute approximate surface area is 101 Å². The Morgan fingerprint density at radius 3 is 2.24 bits per heavy atom. The van der Waals surface area contributed by atoms with E-state index < -0.39 is 0 Å². The van der Waals surface area contributed by atoms with Gasteiger partial charge in [0.2, 0.25) is 0 Å². The van der Waals surface area contributed by atoms with Crippen molar-refractivity contribution in [1.82, 2.24) is 20.4 Å². The summed E-state index contributed by atoms with van der Waals surface area (Å²) in [5.74, 6) is 0. The molecule has 0 aliphatic carbocycles. The molecule has 90 valence electrons. The molecule has 1 N–H and O–H groups in total. The summed E-state index contributed by atoms with van der Waals surface area (Å²) in [5, 5.41) is 14.9. The third-order valence-electron chi connectivity index (χ3n) is 4.04. The first-order valence-electron chi connectivity index (χ1n) is 5.73. The number of nitrogens with one attached hydrogen (secondary N) is 1. The maximum absolute atomic E-state index is 4.04. The van der Waals surface area contributed by atoms with E-state index in [1.54, 1.807) is 12.4 Å². The Morgan fingerprint density at radius 2 is 1.71 bits per heavy atom. The maximum Gasteiger partial charge on any atom is 0.0533 e. The topological polar surface area (TPSA) is 54.5 Å². The third-order valence-corrected chi connectivity index (χ3v) is 4.04. The molecule has 2 aromatic rings. The molecule has 0 fully saturated rings. The fraction of sp³-hybridized carbons (Fsp3) is 0.462. The Balaban J connectivity index is 2.45. The second kappa shape index (κ2) is 3.95. The molecular weight excluding hydrogens is 212 g/mol. The van der Waals surface area contributed by atoms with E-state index in [0.717, 1.165) is 5.69 Å². The van der Waals surface area contributed by atoms with Gasteiger partial charge in [-0.25, -0.2) is 0 Å². The average molecular weight is 230 g/mol. The van der Waals surface area contributed by atoms with Crippen molar-refractivity contribution in [3.05, 3.63) is 42.0 Å². The quantitative estimate of drug-likeness (QED) is 0.881. The summed E-state index contributed by atoms with van der Waals surface area (Å²) in [6, 6.07) is 4.04. The summed E-state index contributed by atoms with van der Waals surface area (Å²) in [5.41, 5.74) is 2.17. The lowest BCUT2D eigenvalue weighted by molar-refractivity contribution is 0.294. The average Bonchev–Trinajstić information content (AvgIpc) is 2.84. The van der Waals surface area contributed by atoms with Gasteiger partial charge in [0.05, 0.1) is 6.20 Å². The molecule has 0 amide bonds. The molecule has 17 heavy (non-hydrogen) atoms. The maximum atomic E-state index is 4.04. The van der Waals surface area contributed by atoms with Crippen LogP contribution in [0.25, 0.3) is 0 Å². The number of rotatable bonds is 3. The van der Waals surface area contributed by atoms with Crippen LogP contribution in [0, 0.1) is 0 Å². The third kappa shape index (κ3) is 1.84. The lowest BCUT2D eigenvalue weighted by Crippen LogP contribution is -2.40. The van der Waals surface area contributed by atoms with Crippen LogP contribution in [0.4, 0.5) is 0 Å². The van der Waals surface area contributed by atoms with E-state index in [1.807, 2.05) is 18.3 Å². The van der Waals surface area contributed by atoms with E-state index >= 15 is 0 Å². The summed E-state index contributed by atoms with van der Waals surface area (Å²) in [6.45, 7) is 8.84. The van der Waals surface area contributed by atoms with Crippen molar-refractivity contribution in [3.63, 3.8) is 0 Å². The highest BCUT2D eigenvalue weighted by Gasteiger charge is 2.40. The van der Waals surface area contributed by atoms with E-state index in [2.05, 4.69) is 48.1 Å². The number of aromatic amines is 1. The van der Waals surface area contributed by atoms with E-state index in [9.17, 15) is 0 Å². The SMILES string of the molecule is CC(C)(c1ccnnc1)C(C)(C)c1ccn[nH]1. The second-order valence-electron chi connectivity index (χ2n) is 5.35. The summed E-state index contributed by atoms with van der Waals surface area (Å²) in [6.07, 6.45) is 5.36. The van der Waals surface area contributed by atoms with Crippen LogP contribution in [-0.4, -0.2) is 20.4 Å². The number of hydrogen-bond acceptors (Lipinski definition) is 3. The van der Waals surface area contributed by atoms with Crippen LogP contribution < -0.4 is 0 Å². The fourth-order valence-electron chi connectivity index (χ4n) is 1.96. The molecule has 0 bridgehead atoms. The van der Waals surface area contributed by atoms with Gasteiger partial charge in [0.15, 0.2) is 0 Å². The summed E-state index contributed by atoms with van der Waals surface area (Å²) >= 11 is 0. The summed E-state index contributed by atoms with van der Waals surface area (Å²) < 4.78 is 0. The lowest BCUT2D eigenvalue weighted by Gasteiger charge is -2.41. The van der Waals surface area contributed by atoms with Crippen molar-refractivity contribution < 1.29 is 0 Å². The van der Waals surface area contributed by atoms with Gasteiger partial charge in [-0.3, -0.25) is 5.10 Å². The Kier molecular flexibility index (Phi) is 2.73. The molecule has 0 radical (unpaired) electrons. The van der Waals surface area contributed by atoms with Crippen LogP contribution in [0.15, 0.2) is 30.7 Å². The van der Waals surface area contributed by atoms with Gasteiger partial charge in [-0.05, 0) is 17.7 Å². The molecule has 0 saturated carbocycles. The van der Waals surface area contributed by atoms with Gasteiger partial charge in [-0.15, -0.1) is 0 Å². The van der Waals surface area contributed by atoms with Gasteiger partial charge >= 0.3 is 0 Å². The fourth-order valence-corrected chi connectivity index (χ4v) is 1.96. The van der Waals surface area contributed by atoms with E-state index in [0.29, 0.717) is 0 Å². The number of aromatic nitrogens is 4. The molecule has 0 aliphatic rings. The molecule has 0 unspecified atom stereocenters. The van der Waals surface area contributed by atoms with Crippen LogP contribution in [0.1, 0.15) is 39.0 Å². The van der Waals surface area contributed by atoms with Crippen LogP contribution >= 0.6 is 0 Å². The minimum absolute atomic E-state index is 0.0600. The van der Waals surface area contributed by atoms with Gasteiger partial charge < -0.3 is 0 Å². The van der Waals surface area contributed by atoms with Crippen molar-refractivity contribution in [2.24, 2.45) is 0 Å². The van der Waals surface area contributed by atoms with Gasteiger partial charge in [0.1, 0.15) is 0 Å². The Morgan fingerprint density at radius 1 is 0.941 bits per heavy atom. The van der Waals surface area contributed by atoms with Gasteiger partial charge in [0, 0.05) is 28.9 Å². The molecule has 0 aromatic carbocycles. The second-order valence-corrected chi connectivity index (χ2v) is 5.35. The smallest absolute Gasteiger partial charge is 0.0533 e. The molecule has 0 spiro atoms. The van der Waals surface area contributed by atoms with Crippen molar-refractivity contribution in [3.8, 4) is 0 Å². The zero-order chi connectivity index (χ0) is 12.5. The summed E-state index contributed by atoms with van der Waals surface area (Å²) in [4.78, 5) is 0. The van der Waals surface area contributed by atoms with Crippen LogP contribution in [0.3, 0.4) is 0 Å². The highest BCUT2D eigenvalue weighted by molar-refractivity contribution is 5.30. The molecular formula is C13H18N4. The van der Waals surface area contributed by atoms with Gasteiger partial charge in [0.25, 0.3) is 0 Å². The van der Waals surface area contributed by atoms with Crippen LogP contribution in [-0.2, 0) is 10.8 Å². The van der Waals surface area contributed by atoms with Gasteiger partial charge in [-0.2, -0.15) is 15.3 Å². The molecule has 4 heteroatoms. The van der Waals surface area contributed by atoms with Crippen LogP contribution in [0.5, 0.6) is 0 Å². The highest BCUT2D eigenvalue weighted by atomic mass is 15.1. The Bertz CT molecular complexity index is 471. The number of hydrogen-bond donors (Lipinski definition) is 1. The zero-order valence-corrected chi connectivity index (χ0v) is 10.7. The first-order valence-corrected chi connectivity index (χ1v) is 5.73. The minimum atomic E-state index is -0.0630. The van der Waals surface area contributed by atoms with Crippen molar-refractivity contribution in [2.75, 3.05) is 0 Å². The van der Waals surface area contributed by atoms with E-state index in [4.69, 9.17) is 0 Å². The number of H-pyrrole nitrogens is 1. The molecule has 0 saturated heterocycles. The Hall–Kier alpha value is -1.71. The molecule has 2 heterocycles. The van der Waals surface area contributed by atoms with Crippen molar-refractivity contribution in [2.45, 2.75) is 38.5 Å². The largest absolute Gasteiger partial charge is 0.282 e. The first kappa shape index (κ1) is 11.8. The lowest BCUT2D eigenvalue weighted by atomic mass is 9.63. The molecule has 2 aromatic heterocycles. The van der Waals surface area contributed by atoms with Gasteiger partial charge in [-0.1, -0.05) is 27.7 Å².